The van der Waals surface area contributed by atoms with Crippen LogP contribution in [0.3, 0.4) is 0 Å². The van der Waals surface area contributed by atoms with Crippen LogP contribution < -0.4 is 11.1 Å². The van der Waals surface area contributed by atoms with Gasteiger partial charge in [-0.1, -0.05) is 30.0 Å². The summed E-state index contributed by atoms with van der Waals surface area (Å²) in [6, 6.07) is 20.1. The number of aromatic amines is 1. The molecule has 1 aliphatic carbocycles. The van der Waals surface area contributed by atoms with Crippen molar-refractivity contribution < 1.29 is 14.7 Å². The van der Waals surface area contributed by atoms with Crippen molar-refractivity contribution in [2.24, 2.45) is 0 Å². The predicted octanol–water partition coefficient (Wildman–Crippen LogP) is 5.26. The van der Waals surface area contributed by atoms with E-state index < -0.39 is 5.97 Å². The Morgan fingerprint density at radius 2 is 1.92 bits per heavy atom. The first-order valence-electron chi connectivity index (χ1n) is 12.6. The number of nitrogen functional groups attached to an aromatic ring is 1. The summed E-state index contributed by atoms with van der Waals surface area (Å²) >= 11 is 1.49. The van der Waals surface area contributed by atoms with Crippen molar-refractivity contribution in [2.75, 3.05) is 5.73 Å². The second kappa shape index (κ2) is 10.1. The summed E-state index contributed by atoms with van der Waals surface area (Å²) in [6.45, 7) is 0. The zero-order valence-corrected chi connectivity index (χ0v) is 21.6. The molecule has 0 radical (unpaired) electrons. The number of benzene rings is 3. The molecule has 1 unspecified atom stereocenters. The molecule has 0 bridgehead atoms. The molecule has 0 aliphatic heterocycles. The third-order valence-corrected chi connectivity index (χ3v) is 7.87. The Bertz CT molecular complexity index is 1790. The highest BCUT2D eigenvalue weighted by molar-refractivity contribution is 7.15. The summed E-state index contributed by atoms with van der Waals surface area (Å²) in [7, 11) is 0. The lowest BCUT2D eigenvalue weighted by Gasteiger charge is -2.22. The SMILES string of the molecule is Nc1nc2c(s1)CC(NC(=O)c1ccc(C#Cc3cccc(C(=O)O)c3-c3ccc4cc[nH]c4c3)cc1)CC2. The summed E-state index contributed by atoms with van der Waals surface area (Å²) in [5, 5.41) is 14.6. The third-order valence-electron chi connectivity index (χ3n) is 6.92. The van der Waals surface area contributed by atoms with Gasteiger partial charge >= 0.3 is 5.97 Å². The third kappa shape index (κ3) is 5.00. The highest BCUT2D eigenvalue weighted by Crippen LogP contribution is 2.31. The first kappa shape index (κ1) is 24.5. The van der Waals surface area contributed by atoms with Gasteiger partial charge in [-0.15, -0.1) is 11.3 Å². The number of carboxylic acid groups (broad SMARTS) is 1. The minimum absolute atomic E-state index is 0.0504. The summed E-state index contributed by atoms with van der Waals surface area (Å²) in [4.78, 5) is 33.6. The number of thiazole rings is 1. The van der Waals surface area contributed by atoms with Crippen LogP contribution in [-0.2, 0) is 12.8 Å². The second-order valence-electron chi connectivity index (χ2n) is 9.48. The van der Waals surface area contributed by atoms with Crippen LogP contribution in [0.4, 0.5) is 5.13 Å². The molecular weight excluding hydrogens is 508 g/mol. The minimum atomic E-state index is -1.01. The maximum absolute atomic E-state index is 12.9. The molecule has 192 valence electrons. The van der Waals surface area contributed by atoms with E-state index in [0.29, 0.717) is 21.8 Å². The predicted molar refractivity (Wildman–Crippen MR) is 153 cm³/mol. The van der Waals surface area contributed by atoms with Gasteiger partial charge in [0.1, 0.15) is 0 Å². The molecule has 0 spiro atoms. The van der Waals surface area contributed by atoms with E-state index in [1.54, 1.807) is 36.4 Å². The maximum Gasteiger partial charge on any atom is 0.336 e. The van der Waals surface area contributed by atoms with E-state index in [9.17, 15) is 14.7 Å². The Labute approximate surface area is 228 Å². The molecule has 1 amide bonds. The van der Waals surface area contributed by atoms with Gasteiger partial charge in [0.2, 0.25) is 0 Å². The molecule has 2 aromatic heterocycles. The van der Waals surface area contributed by atoms with E-state index >= 15 is 0 Å². The summed E-state index contributed by atoms with van der Waals surface area (Å²) in [5.74, 6) is 5.14. The van der Waals surface area contributed by atoms with Gasteiger partial charge < -0.3 is 21.1 Å². The monoisotopic (exact) mass is 532 g/mol. The zero-order chi connectivity index (χ0) is 26.9. The van der Waals surface area contributed by atoms with Crippen LogP contribution in [0.25, 0.3) is 22.0 Å². The number of aryl methyl sites for hydroxylation is 1. The van der Waals surface area contributed by atoms with Crippen molar-refractivity contribution in [2.45, 2.75) is 25.3 Å². The second-order valence-corrected chi connectivity index (χ2v) is 10.6. The largest absolute Gasteiger partial charge is 0.478 e. The number of carbonyl (C=O) groups excluding carboxylic acids is 1. The maximum atomic E-state index is 12.9. The molecule has 1 atom stereocenters. The molecule has 0 saturated heterocycles. The molecule has 2 heterocycles. The first-order valence-corrected chi connectivity index (χ1v) is 13.4. The van der Waals surface area contributed by atoms with E-state index in [1.807, 2.05) is 36.5 Å². The van der Waals surface area contributed by atoms with Gasteiger partial charge in [-0.3, -0.25) is 4.79 Å². The average molecular weight is 533 g/mol. The lowest BCUT2D eigenvalue weighted by atomic mass is 9.93. The number of fused-ring (bicyclic) bond motifs is 2. The van der Waals surface area contributed by atoms with Crippen LogP contribution in [0.15, 0.2) is 72.9 Å². The van der Waals surface area contributed by atoms with E-state index in [1.165, 1.54) is 11.3 Å². The van der Waals surface area contributed by atoms with E-state index in [2.05, 4.69) is 27.1 Å². The number of carboxylic acids is 1. The summed E-state index contributed by atoms with van der Waals surface area (Å²) < 4.78 is 0. The number of rotatable bonds is 4. The topological polar surface area (TPSA) is 121 Å². The standard InChI is InChI=1S/C31H24N4O3S/c32-31-35-25-13-12-23(17-27(25)39-31)34-29(36)21-8-5-18(6-9-21)4-7-20-2-1-3-24(30(37)38)28(20)22-11-10-19-14-15-33-26(19)16-22/h1-3,5-6,8-11,14-16,23,33H,12-13,17H2,(H2,32,35)(H,34,36)(H,37,38). The number of anilines is 1. The van der Waals surface area contributed by atoms with Gasteiger partial charge in [0.05, 0.1) is 11.3 Å². The normalized spacial score (nSPS) is 14.3. The number of H-pyrrole nitrogens is 1. The molecule has 1 aliphatic rings. The lowest BCUT2D eigenvalue weighted by Crippen LogP contribution is -2.38. The number of amides is 1. The molecular formula is C31H24N4O3S. The number of carbonyl (C=O) groups is 2. The van der Waals surface area contributed by atoms with Gasteiger partial charge in [0, 0.05) is 51.3 Å². The smallest absolute Gasteiger partial charge is 0.336 e. The number of aromatic carboxylic acids is 1. The van der Waals surface area contributed by atoms with Gasteiger partial charge in [-0.05, 0) is 72.3 Å². The van der Waals surface area contributed by atoms with Crippen molar-refractivity contribution in [3.63, 3.8) is 0 Å². The van der Waals surface area contributed by atoms with Gasteiger partial charge in [0.15, 0.2) is 5.13 Å². The van der Waals surface area contributed by atoms with Crippen LogP contribution in [0, 0.1) is 11.8 Å². The summed E-state index contributed by atoms with van der Waals surface area (Å²) in [6.07, 6.45) is 4.24. The first-order chi connectivity index (χ1) is 18.9. The molecule has 39 heavy (non-hydrogen) atoms. The fourth-order valence-electron chi connectivity index (χ4n) is 4.98. The molecule has 7 nitrogen and oxygen atoms in total. The molecule has 5 N–H and O–H groups in total. The van der Waals surface area contributed by atoms with Gasteiger partial charge in [0.25, 0.3) is 5.91 Å². The number of nitrogens with one attached hydrogen (secondary N) is 2. The van der Waals surface area contributed by atoms with Crippen molar-refractivity contribution in [1.82, 2.24) is 15.3 Å². The van der Waals surface area contributed by atoms with Crippen molar-refractivity contribution in [1.29, 1.82) is 0 Å². The average Bonchev–Trinajstić information content (AvgIpc) is 3.56. The van der Waals surface area contributed by atoms with Crippen LogP contribution in [0.1, 0.15) is 48.8 Å². The number of nitrogens with zero attached hydrogens (tertiary/aromatic N) is 1. The van der Waals surface area contributed by atoms with Crippen molar-refractivity contribution in [3.05, 3.63) is 106 Å². The minimum Gasteiger partial charge on any atom is -0.478 e. The lowest BCUT2D eigenvalue weighted by molar-refractivity contribution is 0.0697. The van der Waals surface area contributed by atoms with Crippen LogP contribution in [0.2, 0.25) is 0 Å². The van der Waals surface area contributed by atoms with Crippen LogP contribution in [0.5, 0.6) is 0 Å². The molecule has 5 aromatic rings. The van der Waals surface area contributed by atoms with Crippen LogP contribution >= 0.6 is 11.3 Å². The molecule has 0 fully saturated rings. The number of nitrogens with two attached hydrogens (primary N) is 1. The van der Waals surface area contributed by atoms with E-state index in [0.717, 1.165) is 51.9 Å². The van der Waals surface area contributed by atoms with Gasteiger partial charge in [-0.25, -0.2) is 9.78 Å². The molecule has 6 rings (SSSR count). The van der Waals surface area contributed by atoms with Crippen molar-refractivity contribution in [3.8, 4) is 23.0 Å². The molecule has 8 heteroatoms. The highest BCUT2D eigenvalue weighted by atomic mass is 32.1. The fourth-order valence-corrected chi connectivity index (χ4v) is 5.94. The van der Waals surface area contributed by atoms with E-state index in [4.69, 9.17) is 5.73 Å². The Hall–Kier alpha value is -4.87. The summed E-state index contributed by atoms with van der Waals surface area (Å²) in [5.41, 5.74) is 11.2. The Morgan fingerprint density at radius 1 is 1.08 bits per heavy atom. The Kier molecular flexibility index (Phi) is 6.35. The molecule has 0 saturated carbocycles. The molecule has 3 aromatic carbocycles. The zero-order valence-electron chi connectivity index (χ0n) is 20.8. The van der Waals surface area contributed by atoms with Gasteiger partial charge in [-0.2, -0.15) is 0 Å². The highest BCUT2D eigenvalue weighted by Gasteiger charge is 2.23. The van der Waals surface area contributed by atoms with Crippen LogP contribution in [-0.4, -0.2) is 33.0 Å². The quantitative estimate of drug-likeness (QED) is 0.235. The number of aromatic nitrogens is 2. The van der Waals surface area contributed by atoms with Crippen molar-refractivity contribution >= 4 is 39.2 Å². The van der Waals surface area contributed by atoms with E-state index in [-0.39, 0.29) is 17.5 Å². The Morgan fingerprint density at radius 3 is 2.74 bits per heavy atom. The fraction of sp³-hybridized carbons (Fsp3) is 0.129. The Balaban J connectivity index is 1.22. The number of hydrogen-bond donors (Lipinski definition) is 4. The number of hydrogen-bond acceptors (Lipinski definition) is 5.